The zero-order valence-electron chi connectivity index (χ0n) is 14.9. The standard InChI is InChI=1S/C17H27N3O4.ClH/c1-11(15(22)19(2)9-14(21)18-13-5-6-13)20-8-12-4-3-7-17(12,10-20)16(23)24;/h11-13H,3-10H2,1-2H3,(H,18,21)(H,23,24);1H/t11?,12-,17+;/m0./s1. The van der Waals surface area contributed by atoms with Gasteiger partial charge in [-0.2, -0.15) is 0 Å². The molecule has 0 radical (unpaired) electrons. The SMILES string of the molecule is CC(C(=O)N(C)CC(=O)NC1CC1)N1C[C@@H]2CCC[C@@]2(C(=O)O)C1.Cl. The van der Waals surface area contributed by atoms with Gasteiger partial charge in [0, 0.05) is 26.2 Å². The zero-order valence-corrected chi connectivity index (χ0v) is 15.7. The van der Waals surface area contributed by atoms with E-state index in [-0.39, 0.29) is 42.7 Å². The summed E-state index contributed by atoms with van der Waals surface area (Å²) < 4.78 is 0. The first-order valence-electron chi connectivity index (χ1n) is 8.85. The van der Waals surface area contributed by atoms with Crippen LogP contribution < -0.4 is 5.32 Å². The van der Waals surface area contributed by atoms with Gasteiger partial charge in [-0.15, -0.1) is 12.4 Å². The van der Waals surface area contributed by atoms with Crippen LogP contribution in [0.25, 0.3) is 0 Å². The van der Waals surface area contributed by atoms with E-state index < -0.39 is 17.4 Å². The molecule has 0 spiro atoms. The second-order valence-corrected chi connectivity index (χ2v) is 7.69. The second-order valence-electron chi connectivity index (χ2n) is 7.69. The van der Waals surface area contributed by atoms with Crippen LogP contribution >= 0.6 is 12.4 Å². The number of amides is 2. The van der Waals surface area contributed by atoms with Gasteiger partial charge in [0.1, 0.15) is 0 Å². The molecule has 1 heterocycles. The van der Waals surface area contributed by atoms with Crippen molar-refractivity contribution in [1.29, 1.82) is 0 Å². The molecule has 0 aromatic heterocycles. The number of fused-ring (bicyclic) bond motifs is 1. The largest absolute Gasteiger partial charge is 0.481 e. The number of rotatable bonds is 6. The number of likely N-dealkylation sites (N-methyl/N-ethyl adjacent to an activating group) is 1. The van der Waals surface area contributed by atoms with Crippen molar-refractivity contribution < 1.29 is 19.5 Å². The number of hydrogen-bond acceptors (Lipinski definition) is 4. The summed E-state index contributed by atoms with van der Waals surface area (Å²) in [5.41, 5.74) is -0.684. The van der Waals surface area contributed by atoms with E-state index in [0.29, 0.717) is 19.5 Å². The minimum absolute atomic E-state index is 0. The minimum atomic E-state index is -0.732. The van der Waals surface area contributed by atoms with Gasteiger partial charge in [0.2, 0.25) is 11.8 Å². The van der Waals surface area contributed by atoms with Gasteiger partial charge in [0.25, 0.3) is 0 Å². The average molecular weight is 374 g/mol. The van der Waals surface area contributed by atoms with E-state index in [0.717, 1.165) is 25.7 Å². The molecule has 142 valence electrons. The smallest absolute Gasteiger partial charge is 0.311 e. The van der Waals surface area contributed by atoms with Gasteiger partial charge in [0.05, 0.1) is 18.0 Å². The fraction of sp³-hybridized carbons (Fsp3) is 0.824. The van der Waals surface area contributed by atoms with Crippen molar-refractivity contribution in [3.63, 3.8) is 0 Å². The van der Waals surface area contributed by atoms with E-state index in [2.05, 4.69) is 5.32 Å². The van der Waals surface area contributed by atoms with Crippen molar-refractivity contribution in [2.75, 3.05) is 26.7 Å². The number of carbonyl (C=O) groups excluding carboxylic acids is 2. The Labute approximate surface area is 154 Å². The summed E-state index contributed by atoms with van der Waals surface area (Å²) in [7, 11) is 1.63. The molecule has 3 fully saturated rings. The highest BCUT2D eigenvalue weighted by Gasteiger charge is 2.56. The number of carbonyl (C=O) groups is 3. The molecule has 7 nitrogen and oxygen atoms in total. The van der Waals surface area contributed by atoms with Gasteiger partial charge in [0.15, 0.2) is 0 Å². The third-order valence-corrected chi connectivity index (χ3v) is 5.93. The quantitative estimate of drug-likeness (QED) is 0.716. The lowest BCUT2D eigenvalue weighted by molar-refractivity contribution is -0.150. The Morgan fingerprint density at radius 3 is 2.56 bits per heavy atom. The first-order chi connectivity index (χ1) is 11.3. The molecule has 2 aliphatic carbocycles. The summed E-state index contributed by atoms with van der Waals surface area (Å²) in [4.78, 5) is 39.7. The summed E-state index contributed by atoms with van der Waals surface area (Å²) in [5, 5.41) is 12.5. The Morgan fingerprint density at radius 2 is 2.00 bits per heavy atom. The third-order valence-electron chi connectivity index (χ3n) is 5.93. The molecular formula is C17H28ClN3O4. The molecule has 8 heteroatoms. The van der Waals surface area contributed by atoms with Crippen LogP contribution in [0, 0.1) is 11.3 Å². The van der Waals surface area contributed by atoms with E-state index in [1.165, 1.54) is 4.90 Å². The summed E-state index contributed by atoms with van der Waals surface area (Å²) in [6, 6.07) is -0.114. The Balaban J connectivity index is 0.00000225. The van der Waals surface area contributed by atoms with Crippen LogP contribution in [0.2, 0.25) is 0 Å². The number of aliphatic carboxylic acids is 1. The molecule has 2 N–H and O–H groups in total. The summed E-state index contributed by atoms with van der Waals surface area (Å²) >= 11 is 0. The van der Waals surface area contributed by atoms with Crippen LogP contribution in [-0.2, 0) is 14.4 Å². The lowest BCUT2D eigenvalue weighted by Gasteiger charge is -2.29. The highest BCUT2D eigenvalue weighted by molar-refractivity contribution is 5.87. The van der Waals surface area contributed by atoms with E-state index in [1.54, 1.807) is 7.05 Å². The predicted octanol–water partition coefficient (Wildman–Crippen LogP) is 0.720. The number of nitrogens with zero attached hydrogens (tertiary/aromatic N) is 2. The molecule has 3 rings (SSSR count). The summed E-state index contributed by atoms with van der Waals surface area (Å²) in [6.07, 6.45) is 4.61. The molecule has 25 heavy (non-hydrogen) atoms. The van der Waals surface area contributed by atoms with Crippen LogP contribution in [0.3, 0.4) is 0 Å². The van der Waals surface area contributed by atoms with Gasteiger partial charge in [-0.05, 0) is 38.5 Å². The fourth-order valence-electron chi connectivity index (χ4n) is 4.24. The lowest BCUT2D eigenvalue weighted by atomic mass is 9.81. The molecular weight excluding hydrogens is 346 g/mol. The first-order valence-corrected chi connectivity index (χ1v) is 8.85. The molecule has 1 aliphatic heterocycles. The summed E-state index contributed by atoms with van der Waals surface area (Å²) in [6.45, 7) is 2.96. The first kappa shape index (κ1) is 20.0. The van der Waals surface area contributed by atoms with Crippen LogP contribution in [0.5, 0.6) is 0 Å². The number of halogens is 1. The van der Waals surface area contributed by atoms with E-state index in [1.807, 2.05) is 11.8 Å². The molecule has 0 aromatic carbocycles. The average Bonchev–Trinajstić information content (AvgIpc) is 3.10. The van der Waals surface area contributed by atoms with Crippen LogP contribution in [0.1, 0.15) is 39.0 Å². The van der Waals surface area contributed by atoms with E-state index in [4.69, 9.17) is 0 Å². The summed E-state index contributed by atoms with van der Waals surface area (Å²) in [5.74, 6) is -0.847. The van der Waals surface area contributed by atoms with Crippen molar-refractivity contribution >= 4 is 30.2 Å². The van der Waals surface area contributed by atoms with Crippen molar-refractivity contribution in [3.05, 3.63) is 0 Å². The van der Waals surface area contributed by atoms with Crippen molar-refractivity contribution in [2.24, 2.45) is 11.3 Å². The van der Waals surface area contributed by atoms with Gasteiger partial charge in [-0.25, -0.2) is 0 Å². The highest BCUT2D eigenvalue weighted by atomic mass is 35.5. The predicted molar refractivity (Wildman–Crippen MR) is 94.5 cm³/mol. The zero-order chi connectivity index (χ0) is 17.5. The monoisotopic (exact) mass is 373 g/mol. The molecule has 0 aromatic rings. The second kappa shape index (κ2) is 7.50. The third kappa shape index (κ3) is 3.92. The van der Waals surface area contributed by atoms with Crippen LogP contribution in [-0.4, -0.2) is 71.5 Å². The van der Waals surface area contributed by atoms with Crippen LogP contribution in [0.15, 0.2) is 0 Å². The molecule has 1 saturated heterocycles. The van der Waals surface area contributed by atoms with Crippen LogP contribution in [0.4, 0.5) is 0 Å². The molecule has 2 amide bonds. The molecule has 0 bridgehead atoms. The molecule has 3 aliphatic rings. The highest BCUT2D eigenvalue weighted by Crippen LogP contribution is 2.49. The van der Waals surface area contributed by atoms with Crippen molar-refractivity contribution in [1.82, 2.24) is 15.1 Å². The van der Waals surface area contributed by atoms with Crippen molar-refractivity contribution in [3.8, 4) is 0 Å². The van der Waals surface area contributed by atoms with Gasteiger partial charge in [-0.1, -0.05) is 6.42 Å². The lowest BCUT2D eigenvalue weighted by Crippen LogP contribution is -2.49. The fourth-order valence-corrected chi connectivity index (χ4v) is 4.24. The maximum absolute atomic E-state index is 12.6. The van der Waals surface area contributed by atoms with Gasteiger partial charge in [-0.3, -0.25) is 19.3 Å². The minimum Gasteiger partial charge on any atom is -0.481 e. The Bertz CT molecular complexity index is 554. The number of nitrogens with one attached hydrogen (secondary N) is 1. The van der Waals surface area contributed by atoms with E-state index >= 15 is 0 Å². The van der Waals surface area contributed by atoms with E-state index in [9.17, 15) is 19.5 Å². The maximum Gasteiger partial charge on any atom is 0.311 e. The number of carboxylic acids is 1. The number of hydrogen-bond donors (Lipinski definition) is 2. The Kier molecular flexibility index (Phi) is 5.99. The van der Waals surface area contributed by atoms with Gasteiger partial charge < -0.3 is 15.3 Å². The van der Waals surface area contributed by atoms with Gasteiger partial charge >= 0.3 is 5.97 Å². The maximum atomic E-state index is 12.6. The normalized spacial score (nSPS) is 29.4. The molecule has 2 saturated carbocycles. The molecule has 3 atom stereocenters. The number of likely N-dealkylation sites (tertiary alicyclic amines) is 1. The molecule has 1 unspecified atom stereocenters. The Hall–Kier alpha value is -1.34. The van der Waals surface area contributed by atoms with Crippen molar-refractivity contribution in [2.45, 2.75) is 51.1 Å². The number of carboxylic acid groups (broad SMARTS) is 1. The Morgan fingerprint density at radius 1 is 1.32 bits per heavy atom. The topological polar surface area (TPSA) is 90.0 Å².